The maximum atomic E-state index is 13.1. The molecule has 0 N–H and O–H groups in total. The second-order valence-electron chi connectivity index (χ2n) is 6.56. The van der Waals surface area contributed by atoms with Crippen LogP contribution in [-0.4, -0.2) is 5.78 Å². The van der Waals surface area contributed by atoms with Gasteiger partial charge in [-0.25, -0.2) is 0 Å². The highest BCUT2D eigenvalue weighted by molar-refractivity contribution is 6.10. The zero-order valence-electron chi connectivity index (χ0n) is 14.5. The van der Waals surface area contributed by atoms with Crippen molar-refractivity contribution in [1.82, 2.24) is 0 Å². The Balaban J connectivity index is 1.91. The predicted octanol–water partition coefficient (Wildman–Crippen LogP) is 5.89. The van der Waals surface area contributed by atoms with Gasteiger partial charge >= 0.3 is 0 Å². The average molecular weight is 346 g/mol. The third kappa shape index (κ3) is 3.70. The Labute approximate surface area is 151 Å². The summed E-state index contributed by atoms with van der Waals surface area (Å²) in [5.41, 5.74) is 21.9. The molecular formula is C19H18N6O. The van der Waals surface area contributed by atoms with Gasteiger partial charge in [0, 0.05) is 32.4 Å². The highest BCUT2D eigenvalue weighted by atomic mass is 16.1. The van der Waals surface area contributed by atoms with E-state index in [1.165, 1.54) is 0 Å². The van der Waals surface area contributed by atoms with Crippen LogP contribution < -0.4 is 0 Å². The van der Waals surface area contributed by atoms with Gasteiger partial charge in [0.1, 0.15) is 0 Å². The normalized spacial score (nSPS) is 28.0. The van der Waals surface area contributed by atoms with Gasteiger partial charge in [0.2, 0.25) is 0 Å². The number of hydrogen-bond donors (Lipinski definition) is 0. The molecule has 130 valence electrons. The van der Waals surface area contributed by atoms with E-state index in [-0.39, 0.29) is 5.78 Å². The number of nitrogens with zero attached hydrogens (tertiary/aromatic N) is 6. The molecular weight excluding hydrogens is 328 g/mol. The second kappa shape index (κ2) is 7.74. The summed E-state index contributed by atoms with van der Waals surface area (Å²) in [4.78, 5) is 18.7. The number of carbonyl (C=O) groups is 1. The summed E-state index contributed by atoms with van der Waals surface area (Å²) in [6.45, 7) is 2.15. The summed E-state index contributed by atoms with van der Waals surface area (Å²) in [5, 5.41) is 7.19. The molecule has 0 aromatic rings. The van der Waals surface area contributed by atoms with E-state index in [2.05, 4.69) is 27.0 Å². The molecule has 0 spiro atoms. The first-order valence-electron chi connectivity index (χ1n) is 8.47. The van der Waals surface area contributed by atoms with E-state index in [1.807, 2.05) is 24.3 Å². The molecule has 3 aliphatic rings. The minimum absolute atomic E-state index is 0.101. The van der Waals surface area contributed by atoms with Gasteiger partial charge < -0.3 is 0 Å². The van der Waals surface area contributed by atoms with E-state index in [0.717, 1.165) is 35.1 Å². The third-order valence-corrected chi connectivity index (χ3v) is 4.72. The van der Waals surface area contributed by atoms with Crippen LogP contribution >= 0.6 is 0 Å². The first kappa shape index (κ1) is 17.5. The standard InChI is InChI=1S/C19H18N6O/c1-12-10-17(13-2-6-15(7-3-13)22-24-20)19(26)18(11-12)14-4-8-16(9-5-14)23-25-21/h2,4,6-9,12H,3,5,10-11H2,1H3. The van der Waals surface area contributed by atoms with Crippen molar-refractivity contribution in [1.29, 1.82) is 0 Å². The quantitative estimate of drug-likeness (QED) is 0.264. The van der Waals surface area contributed by atoms with Gasteiger partial charge in [0.05, 0.1) is 0 Å². The Kier molecular flexibility index (Phi) is 5.23. The summed E-state index contributed by atoms with van der Waals surface area (Å²) >= 11 is 0. The van der Waals surface area contributed by atoms with E-state index < -0.39 is 0 Å². The molecule has 0 unspecified atom stereocenters. The fraction of sp³-hybridized carbons (Fsp3) is 0.316. The molecule has 7 nitrogen and oxygen atoms in total. The minimum Gasteiger partial charge on any atom is -0.289 e. The molecule has 3 aliphatic carbocycles. The predicted molar refractivity (Wildman–Crippen MR) is 99.4 cm³/mol. The largest absolute Gasteiger partial charge is 0.289 e. The first-order valence-corrected chi connectivity index (χ1v) is 8.47. The summed E-state index contributed by atoms with van der Waals surface area (Å²) in [7, 11) is 0. The molecule has 0 radical (unpaired) electrons. The summed E-state index contributed by atoms with van der Waals surface area (Å²) < 4.78 is 0. The maximum absolute atomic E-state index is 13.1. The summed E-state index contributed by atoms with van der Waals surface area (Å²) in [5.74, 6) is 0.480. The van der Waals surface area contributed by atoms with Crippen LogP contribution in [0.25, 0.3) is 20.9 Å². The molecule has 0 amide bonds. The smallest absolute Gasteiger partial charge is 0.185 e. The molecule has 0 aliphatic heterocycles. The van der Waals surface area contributed by atoms with Crippen molar-refractivity contribution in [2.24, 2.45) is 16.1 Å². The molecule has 0 bridgehead atoms. The van der Waals surface area contributed by atoms with Crippen LogP contribution in [0.4, 0.5) is 0 Å². The van der Waals surface area contributed by atoms with E-state index in [4.69, 9.17) is 11.1 Å². The number of allylic oxidation sites excluding steroid dienone is 10. The third-order valence-electron chi connectivity index (χ3n) is 4.72. The molecule has 26 heavy (non-hydrogen) atoms. The lowest BCUT2D eigenvalue weighted by Crippen LogP contribution is -2.21. The van der Waals surface area contributed by atoms with E-state index in [9.17, 15) is 4.79 Å². The molecule has 0 aromatic carbocycles. The van der Waals surface area contributed by atoms with Gasteiger partial charge in [-0.15, -0.1) is 0 Å². The highest BCUT2D eigenvalue weighted by Gasteiger charge is 2.29. The second-order valence-corrected chi connectivity index (χ2v) is 6.56. The zero-order valence-corrected chi connectivity index (χ0v) is 14.5. The Morgan fingerprint density at radius 2 is 1.35 bits per heavy atom. The minimum atomic E-state index is 0.101. The van der Waals surface area contributed by atoms with Gasteiger partial charge in [-0.1, -0.05) is 53.6 Å². The van der Waals surface area contributed by atoms with Crippen LogP contribution in [0.1, 0.15) is 32.6 Å². The molecule has 0 heterocycles. The molecule has 1 fully saturated rings. The van der Waals surface area contributed by atoms with Crippen LogP contribution in [-0.2, 0) is 4.79 Å². The van der Waals surface area contributed by atoms with Crippen molar-refractivity contribution in [3.8, 4) is 0 Å². The first-order chi connectivity index (χ1) is 12.6. The SMILES string of the molecule is CC1CC(=C2C=CC(N=[N+]=[N-])=CC2)C(=O)C(=C2C=CC(N=[N+]=[N-])=CC2)C1. The van der Waals surface area contributed by atoms with Crippen molar-refractivity contribution in [2.45, 2.75) is 32.6 Å². The van der Waals surface area contributed by atoms with E-state index in [0.29, 0.717) is 30.2 Å². The Morgan fingerprint density at radius 3 is 1.69 bits per heavy atom. The fourth-order valence-corrected chi connectivity index (χ4v) is 3.46. The number of Topliss-reactive ketones (excluding diaryl/α,β-unsaturated/α-hetero) is 1. The van der Waals surface area contributed by atoms with Crippen LogP contribution in [0.3, 0.4) is 0 Å². The Bertz CT molecular complexity index is 857. The van der Waals surface area contributed by atoms with Gasteiger partial charge in [-0.05, 0) is 53.8 Å². The van der Waals surface area contributed by atoms with Crippen LogP contribution in [0.15, 0.2) is 80.4 Å². The number of ketones is 1. The number of hydrogen-bond acceptors (Lipinski definition) is 3. The Morgan fingerprint density at radius 1 is 0.885 bits per heavy atom. The zero-order chi connectivity index (χ0) is 18.5. The van der Waals surface area contributed by atoms with E-state index >= 15 is 0 Å². The maximum Gasteiger partial charge on any atom is 0.185 e. The van der Waals surface area contributed by atoms with Crippen molar-refractivity contribution in [2.75, 3.05) is 0 Å². The lowest BCUT2D eigenvalue weighted by molar-refractivity contribution is -0.113. The summed E-state index contributed by atoms with van der Waals surface area (Å²) in [6.07, 6.45) is 13.7. The molecule has 7 heteroatoms. The van der Waals surface area contributed by atoms with Crippen molar-refractivity contribution >= 4 is 5.78 Å². The monoisotopic (exact) mass is 346 g/mol. The topological polar surface area (TPSA) is 115 Å². The fourth-order valence-electron chi connectivity index (χ4n) is 3.46. The van der Waals surface area contributed by atoms with Gasteiger partial charge in [-0.2, -0.15) is 0 Å². The van der Waals surface area contributed by atoms with Crippen LogP contribution in [0, 0.1) is 5.92 Å². The lowest BCUT2D eigenvalue weighted by atomic mass is 9.76. The number of rotatable bonds is 2. The molecule has 3 rings (SSSR count). The molecule has 0 aromatic heterocycles. The number of carbonyl (C=O) groups excluding carboxylic acids is 1. The van der Waals surface area contributed by atoms with Crippen LogP contribution in [0.2, 0.25) is 0 Å². The summed E-state index contributed by atoms with van der Waals surface area (Å²) in [6, 6.07) is 0. The molecule has 1 saturated carbocycles. The van der Waals surface area contributed by atoms with Gasteiger partial charge in [0.15, 0.2) is 5.78 Å². The molecule has 0 saturated heterocycles. The highest BCUT2D eigenvalue weighted by Crippen LogP contribution is 2.37. The van der Waals surface area contributed by atoms with Crippen molar-refractivity contribution < 1.29 is 4.79 Å². The number of azide groups is 2. The van der Waals surface area contributed by atoms with Crippen molar-refractivity contribution in [3.63, 3.8) is 0 Å². The van der Waals surface area contributed by atoms with Gasteiger partial charge in [-0.3, -0.25) is 4.79 Å². The van der Waals surface area contributed by atoms with Gasteiger partial charge in [0.25, 0.3) is 0 Å². The Hall–Kier alpha value is -3.27. The van der Waals surface area contributed by atoms with E-state index in [1.54, 1.807) is 12.2 Å². The molecule has 0 atom stereocenters. The van der Waals surface area contributed by atoms with Crippen LogP contribution in [0.5, 0.6) is 0 Å². The lowest BCUT2D eigenvalue weighted by Gasteiger charge is -2.27. The average Bonchev–Trinajstić information content (AvgIpc) is 2.65. The van der Waals surface area contributed by atoms with Crippen molar-refractivity contribution in [3.05, 3.63) is 91.0 Å².